The molecule has 3 rings (SSSR count). The van der Waals surface area contributed by atoms with Crippen molar-refractivity contribution in [3.63, 3.8) is 0 Å². The van der Waals surface area contributed by atoms with Gasteiger partial charge in [0.1, 0.15) is 5.25 Å². The predicted molar refractivity (Wildman–Crippen MR) is 92.0 cm³/mol. The summed E-state index contributed by atoms with van der Waals surface area (Å²) in [5.41, 5.74) is -0.509. The molecule has 2 aromatic carbocycles. The molecule has 128 valence electrons. The monoisotopic (exact) mass is 375 g/mol. The number of carbonyl (C=O) groups is 1. The Morgan fingerprint density at radius 3 is 2.20 bits per heavy atom. The summed E-state index contributed by atoms with van der Waals surface area (Å²) >= 11 is 5.79. The van der Waals surface area contributed by atoms with Crippen molar-refractivity contribution in [2.75, 3.05) is 0 Å². The highest BCUT2D eigenvalue weighted by molar-refractivity contribution is 7.92. The summed E-state index contributed by atoms with van der Waals surface area (Å²) in [5.74, 6) is -2.35. The molecule has 5 nitrogen and oxygen atoms in total. The molecule has 0 radical (unpaired) electrons. The molecule has 0 amide bonds. The van der Waals surface area contributed by atoms with Gasteiger partial charge in [-0.3, -0.25) is 4.79 Å². The van der Waals surface area contributed by atoms with Crippen molar-refractivity contribution in [1.29, 1.82) is 5.26 Å². The van der Waals surface area contributed by atoms with Gasteiger partial charge in [0, 0.05) is 10.9 Å². The van der Waals surface area contributed by atoms with E-state index in [1.165, 1.54) is 24.3 Å². The fourth-order valence-electron chi connectivity index (χ4n) is 3.20. The van der Waals surface area contributed by atoms with Gasteiger partial charge in [0.15, 0.2) is 15.3 Å². The fourth-order valence-corrected chi connectivity index (χ4v) is 5.57. The fraction of sp³-hybridized carbons (Fsp3) is 0.222. The highest BCUT2D eigenvalue weighted by Crippen LogP contribution is 2.64. The molecule has 0 saturated heterocycles. The number of hydrogen-bond donors (Lipinski definition) is 1. The average Bonchev–Trinajstić information content (AvgIpc) is 3.27. The number of rotatable bonds is 4. The third kappa shape index (κ3) is 2.60. The van der Waals surface area contributed by atoms with Crippen LogP contribution in [0.2, 0.25) is 5.02 Å². The van der Waals surface area contributed by atoms with Gasteiger partial charge >= 0.3 is 5.97 Å². The van der Waals surface area contributed by atoms with E-state index in [1.54, 1.807) is 30.3 Å². The van der Waals surface area contributed by atoms with Gasteiger partial charge in [-0.1, -0.05) is 41.4 Å². The first-order chi connectivity index (χ1) is 11.7. The molecule has 0 aliphatic heterocycles. The first-order valence-corrected chi connectivity index (χ1v) is 9.38. The second kappa shape index (κ2) is 5.87. The zero-order chi connectivity index (χ0) is 18.4. The summed E-state index contributed by atoms with van der Waals surface area (Å²) in [6.07, 6.45) is 0. The number of aliphatic carboxylic acids is 1. The summed E-state index contributed by atoms with van der Waals surface area (Å²) in [7, 11) is -4.02. The Kier molecular flexibility index (Phi) is 4.10. The van der Waals surface area contributed by atoms with Crippen LogP contribution in [0.4, 0.5) is 0 Å². The van der Waals surface area contributed by atoms with Crippen LogP contribution in [0.5, 0.6) is 0 Å². The normalized spacial score (nSPS) is 25.2. The molecule has 3 atom stereocenters. The molecule has 0 heterocycles. The van der Waals surface area contributed by atoms with Crippen molar-refractivity contribution < 1.29 is 18.3 Å². The van der Waals surface area contributed by atoms with Crippen molar-refractivity contribution in [2.24, 2.45) is 5.41 Å². The van der Waals surface area contributed by atoms with Crippen LogP contribution in [-0.4, -0.2) is 24.7 Å². The molecule has 1 aliphatic rings. The quantitative estimate of drug-likeness (QED) is 0.885. The van der Waals surface area contributed by atoms with Crippen LogP contribution in [0.1, 0.15) is 17.0 Å². The maximum absolute atomic E-state index is 13.0. The standard InChI is InChI=1S/C18H14ClNO4S/c1-11-2-4-12(5-3-11)15-16(18(15,10-20)17(21)22)25(23,24)14-8-6-13(19)7-9-14/h2-9,15-16H,1H3,(H,21,22). The molecule has 0 bridgehead atoms. The van der Waals surface area contributed by atoms with E-state index in [1.807, 2.05) is 6.92 Å². The largest absolute Gasteiger partial charge is 0.480 e. The minimum atomic E-state index is -4.02. The number of hydrogen-bond acceptors (Lipinski definition) is 4. The third-order valence-corrected chi connectivity index (χ3v) is 7.08. The van der Waals surface area contributed by atoms with Gasteiger partial charge in [-0.2, -0.15) is 5.26 Å². The number of carboxylic acids is 1. The maximum atomic E-state index is 13.0. The number of aryl methyl sites for hydroxylation is 1. The number of benzene rings is 2. The number of carboxylic acid groups (broad SMARTS) is 1. The molecule has 7 heteroatoms. The van der Waals surface area contributed by atoms with Gasteiger partial charge in [-0.25, -0.2) is 8.42 Å². The topological polar surface area (TPSA) is 95.2 Å². The lowest BCUT2D eigenvalue weighted by atomic mass is 10.00. The zero-order valence-corrected chi connectivity index (χ0v) is 14.8. The minimum absolute atomic E-state index is 0.0441. The molecule has 1 fully saturated rings. The first-order valence-electron chi connectivity index (χ1n) is 7.46. The molecule has 1 N–H and O–H groups in total. The van der Waals surface area contributed by atoms with Gasteiger partial charge in [0.05, 0.1) is 11.0 Å². The van der Waals surface area contributed by atoms with Gasteiger partial charge in [-0.05, 0) is 36.8 Å². The van der Waals surface area contributed by atoms with E-state index in [4.69, 9.17) is 11.6 Å². The van der Waals surface area contributed by atoms with E-state index in [0.29, 0.717) is 10.6 Å². The molecule has 0 aromatic heterocycles. The summed E-state index contributed by atoms with van der Waals surface area (Å²) in [4.78, 5) is 11.8. The summed E-state index contributed by atoms with van der Waals surface area (Å²) in [6.45, 7) is 1.87. The second-order valence-electron chi connectivity index (χ2n) is 6.09. The molecular weight excluding hydrogens is 362 g/mol. The average molecular weight is 376 g/mol. The highest BCUT2D eigenvalue weighted by Gasteiger charge is 2.77. The van der Waals surface area contributed by atoms with Crippen LogP contribution in [0, 0.1) is 23.7 Å². The lowest BCUT2D eigenvalue weighted by Gasteiger charge is -2.05. The lowest BCUT2D eigenvalue weighted by Crippen LogP contribution is -2.22. The molecule has 0 spiro atoms. The molecule has 3 unspecified atom stereocenters. The SMILES string of the molecule is Cc1ccc(C2C(S(=O)(=O)c3ccc(Cl)cc3)C2(C#N)C(=O)O)cc1. The van der Waals surface area contributed by atoms with Crippen molar-refractivity contribution in [3.05, 3.63) is 64.7 Å². The van der Waals surface area contributed by atoms with Crippen LogP contribution < -0.4 is 0 Å². The van der Waals surface area contributed by atoms with E-state index in [-0.39, 0.29) is 4.90 Å². The van der Waals surface area contributed by atoms with E-state index >= 15 is 0 Å². The Bertz CT molecular complexity index is 977. The van der Waals surface area contributed by atoms with Gasteiger partial charge in [0.2, 0.25) is 0 Å². The smallest absolute Gasteiger partial charge is 0.326 e. The molecule has 25 heavy (non-hydrogen) atoms. The Morgan fingerprint density at radius 1 is 1.16 bits per heavy atom. The zero-order valence-electron chi connectivity index (χ0n) is 13.2. The summed E-state index contributed by atoms with van der Waals surface area (Å²) in [5, 5.41) is 18.2. The first kappa shape index (κ1) is 17.5. The minimum Gasteiger partial charge on any atom is -0.480 e. The molecule has 1 saturated carbocycles. The van der Waals surface area contributed by atoms with E-state index in [9.17, 15) is 23.6 Å². The molecule has 2 aromatic rings. The summed E-state index contributed by atoms with van der Waals surface area (Å²) < 4.78 is 26.0. The van der Waals surface area contributed by atoms with Crippen LogP contribution in [0.25, 0.3) is 0 Å². The molecule has 1 aliphatic carbocycles. The van der Waals surface area contributed by atoms with Crippen LogP contribution in [0.15, 0.2) is 53.4 Å². The highest BCUT2D eigenvalue weighted by atomic mass is 35.5. The number of nitriles is 1. The van der Waals surface area contributed by atoms with Crippen molar-refractivity contribution in [2.45, 2.75) is 23.0 Å². The van der Waals surface area contributed by atoms with Gasteiger partial charge < -0.3 is 5.11 Å². The number of nitrogens with zero attached hydrogens (tertiary/aromatic N) is 1. The van der Waals surface area contributed by atoms with E-state index < -0.39 is 32.4 Å². The van der Waals surface area contributed by atoms with Gasteiger partial charge in [0.25, 0.3) is 0 Å². The van der Waals surface area contributed by atoms with E-state index in [2.05, 4.69) is 0 Å². The summed E-state index contributed by atoms with van der Waals surface area (Å²) in [6, 6.07) is 14.1. The van der Waals surface area contributed by atoms with E-state index in [0.717, 1.165) is 5.56 Å². The van der Waals surface area contributed by atoms with Crippen molar-refractivity contribution >= 4 is 27.4 Å². The van der Waals surface area contributed by atoms with Crippen LogP contribution in [-0.2, 0) is 14.6 Å². The number of halogens is 1. The molecular formula is C18H14ClNO4S. The Labute approximate surface area is 150 Å². The maximum Gasteiger partial charge on any atom is 0.326 e. The van der Waals surface area contributed by atoms with Crippen molar-refractivity contribution in [1.82, 2.24) is 0 Å². The Morgan fingerprint density at radius 2 is 1.72 bits per heavy atom. The second-order valence-corrected chi connectivity index (χ2v) is 8.60. The lowest BCUT2D eigenvalue weighted by molar-refractivity contribution is -0.141. The Balaban J connectivity index is 2.12. The van der Waals surface area contributed by atoms with Gasteiger partial charge in [-0.15, -0.1) is 0 Å². The Hall–Kier alpha value is -2.36. The van der Waals surface area contributed by atoms with Crippen molar-refractivity contribution in [3.8, 4) is 6.07 Å². The number of sulfone groups is 1. The van der Waals surface area contributed by atoms with Crippen LogP contribution >= 0.6 is 11.6 Å². The van der Waals surface area contributed by atoms with Crippen LogP contribution in [0.3, 0.4) is 0 Å². The third-order valence-electron chi connectivity index (χ3n) is 4.58. The predicted octanol–water partition coefficient (Wildman–Crippen LogP) is 3.18.